The average Bonchev–Trinajstić information content (AvgIpc) is 3.19. The minimum atomic E-state index is 0. The van der Waals surface area contributed by atoms with Gasteiger partial charge in [-0.3, -0.25) is 4.99 Å². The minimum absolute atomic E-state index is 0. The zero-order chi connectivity index (χ0) is 14.2. The molecular weight excluding hydrogens is 383 g/mol. The fraction of sp³-hybridized carbons (Fsp3) is 0.769. The van der Waals surface area contributed by atoms with Crippen molar-refractivity contribution in [2.45, 2.75) is 25.8 Å². The van der Waals surface area contributed by atoms with Gasteiger partial charge in [-0.1, -0.05) is 0 Å². The molecule has 1 fully saturated rings. The summed E-state index contributed by atoms with van der Waals surface area (Å²) < 4.78 is 7.47. The Morgan fingerprint density at radius 1 is 1.48 bits per heavy atom. The first kappa shape index (κ1) is 18.1. The van der Waals surface area contributed by atoms with Crippen LogP contribution in [0.4, 0.5) is 0 Å². The lowest BCUT2D eigenvalue weighted by Crippen LogP contribution is -2.38. The lowest BCUT2D eigenvalue weighted by atomic mass is 10.4. The van der Waals surface area contributed by atoms with Gasteiger partial charge in [0.15, 0.2) is 11.8 Å². The maximum atomic E-state index is 5.59. The highest BCUT2D eigenvalue weighted by Gasteiger charge is 2.20. The van der Waals surface area contributed by atoms with Gasteiger partial charge in [-0.25, -0.2) is 0 Å². The van der Waals surface area contributed by atoms with Crippen LogP contribution in [0.3, 0.4) is 0 Å². The molecule has 1 aliphatic carbocycles. The first-order valence-corrected chi connectivity index (χ1v) is 7.14. The third-order valence-electron chi connectivity index (χ3n) is 3.25. The Bertz CT molecular complexity index is 432. The van der Waals surface area contributed by atoms with E-state index in [1.54, 1.807) is 13.4 Å². The van der Waals surface area contributed by atoms with Crippen molar-refractivity contribution in [3.63, 3.8) is 0 Å². The third kappa shape index (κ3) is 7.07. The number of guanidine groups is 1. The molecule has 0 radical (unpaired) electrons. The molecule has 0 spiro atoms. The van der Waals surface area contributed by atoms with Crippen LogP contribution in [0.15, 0.2) is 11.3 Å². The summed E-state index contributed by atoms with van der Waals surface area (Å²) in [5, 5.41) is 14.3. The summed E-state index contributed by atoms with van der Waals surface area (Å²) in [6.45, 7) is 3.19. The van der Waals surface area contributed by atoms with E-state index in [0.29, 0.717) is 6.54 Å². The predicted molar refractivity (Wildman–Crippen MR) is 92.8 cm³/mol. The van der Waals surface area contributed by atoms with Crippen molar-refractivity contribution in [1.82, 2.24) is 25.4 Å². The molecule has 1 aliphatic rings. The summed E-state index contributed by atoms with van der Waals surface area (Å²) in [7, 11) is 3.68. The first-order chi connectivity index (χ1) is 9.79. The van der Waals surface area contributed by atoms with Crippen LogP contribution in [0, 0.1) is 5.92 Å². The molecule has 0 saturated heterocycles. The summed E-state index contributed by atoms with van der Waals surface area (Å²) in [5.74, 6) is 2.49. The first-order valence-electron chi connectivity index (χ1n) is 7.14. The number of aromatic nitrogens is 3. The quantitative estimate of drug-likeness (QED) is 0.290. The van der Waals surface area contributed by atoms with Crippen molar-refractivity contribution >= 4 is 29.9 Å². The Morgan fingerprint density at radius 2 is 2.29 bits per heavy atom. The van der Waals surface area contributed by atoms with E-state index < -0.39 is 0 Å². The normalized spacial score (nSPS) is 14.7. The molecule has 2 rings (SSSR count). The van der Waals surface area contributed by atoms with Crippen LogP contribution in [-0.4, -0.2) is 47.5 Å². The van der Waals surface area contributed by atoms with E-state index in [9.17, 15) is 0 Å². The number of aryl methyl sites for hydroxylation is 1. The highest BCUT2D eigenvalue weighted by Crippen LogP contribution is 2.28. The molecule has 0 aliphatic heterocycles. The summed E-state index contributed by atoms with van der Waals surface area (Å²) in [6, 6.07) is 0. The Labute approximate surface area is 143 Å². The second kappa shape index (κ2) is 9.93. The zero-order valence-corrected chi connectivity index (χ0v) is 15.0. The van der Waals surface area contributed by atoms with Gasteiger partial charge in [-0.15, -0.1) is 34.2 Å². The summed E-state index contributed by atoms with van der Waals surface area (Å²) in [5.41, 5.74) is 0. The maximum Gasteiger partial charge on any atom is 0.191 e. The van der Waals surface area contributed by atoms with E-state index in [2.05, 4.69) is 25.8 Å². The standard InChI is InChI=1S/C13H24N6O.HI/c1-14-13(16-8-12-18-17-10-19(12)2)15-6-3-7-20-9-11-4-5-11;/h10-11H,3-9H2,1-2H3,(H2,14,15,16);1H. The number of rotatable bonds is 8. The van der Waals surface area contributed by atoms with Gasteiger partial charge in [0.05, 0.1) is 6.54 Å². The molecule has 1 saturated carbocycles. The van der Waals surface area contributed by atoms with Crippen LogP contribution in [0.2, 0.25) is 0 Å². The Morgan fingerprint density at radius 3 is 2.90 bits per heavy atom. The second-order valence-electron chi connectivity index (χ2n) is 5.08. The molecular formula is C13H25IN6O. The molecule has 0 atom stereocenters. The van der Waals surface area contributed by atoms with Crippen molar-refractivity contribution in [2.24, 2.45) is 18.0 Å². The zero-order valence-electron chi connectivity index (χ0n) is 12.7. The molecule has 2 N–H and O–H groups in total. The van der Waals surface area contributed by atoms with Gasteiger partial charge < -0.3 is 19.9 Å². The van der Waals surface area contributed by atoms with Crippen LogP contribution in [-0.2, 0) is 18.3 Å². The van der Waals surface area contributed by atoms with Crippen LogP contribution >= 0.6 is 24.0 Å². The van der Waals surface area contributed by atoms with Gasteiger partial charge in [0, 0.05) is 33.9 Å². The van der Waals surface area contributed by atoms with Gasteiger partial charge in [0.1, 0.15) is 6.33 Å². The van der Waals surface area contributed by atoms with Crippen molar-refractivity contribution in [3.8, 4) is 0 Å². The summed E-state index contributed by atoms with van der Waals surface area (Å²) in [6.07, 6.45) is 5.36. The van der Waals surface area contributed by atoms with Crippen molar-refractivity contribution in [1.29, 1.82) is 0 Å². The summed E-state index contributed by atoms with van der Waals surface area (Å²) >= 11 is 0. The van der Waals surface area contributed by atoms with E-state index in [4.69, 9.17) is 4.74 Å². The second-order valence-corrected chi connectivity index (χ2v) is 5.08. The molecule has 7 nitrogen and oxygen atoms in total. The fourth-order valence-corrected chi connectivity index (χ4v) is 1.77. The molecule has 21 heavy (non-hydrogen) atoms. The topological polar surface area (TPSA) is 76.4 Å². The highest BCUT2D eigenvalue weighted by atomic mass is 127. The minimum Gasteiger partial charge on any atom is -0.381 e. The Balaban J connectivity index is 0.00000220. The van der Waals surface area contributed by atoms with Crippen LogP contribution in [0.5, 0.6) is 0 Å². The third-order valence-corrected chi connectivity index (χ3v) is 3.25. The molecule has 0 aromatic carbocycles. The molecule has 1 aromatic heterocycles. The lowest BCUT2D eigenvalue weighted by Gasteiger charge is -2.11. The van der Waals surface area contributed by atoms with Gasteiger partial charge in [-0.05, 0) is 25.2 Å². The largest absolute Gasteiger partial charge is 0.381 e. The number of nitrogens with zero attached hydrogens (tertiary/aromatic N) is 4. The molecule has 1 aromatic rings. The molecule has 0 unspecified atom stereocenters. The van der Waals surface area contributed by atoms with E-state index in [0.717, 1.165) is 43.9 Å². The number of hydrogen-bond acceptors (Lipinski definition) is 4. The molecule has 0 amide bonds. The van der Waals surface area contributed by atoms with Gasteiger partial charge in [-0.2, -0.15) is 0 Å². The smallest absolute Gasteiger partial charge is 0.191 e. The highest BCUT2D eigenvalue weighted by molar-refractivity contribution is 14.0. The number of ether oxygens (including phenoxy) is 1. The van der Waals surface area contributed by atoms with E-state index in [1.807, 2.05) is 11.6 Å². The SMILES string of the molecule is CN=C(NCCCOCC1CC1)NCc1nncn1C.I. The van der Waals surface area contributed by atoms with Crippen molar-refractivity contribution < 1.29 is 4.74 Å². The van der Waals surface area contributed by atoms with E-state index >= 15 is 0 Å². The van der Waals surface area contributed by atoms with Crippen LogP contribution in [0.1, 0.15) is 25.1 Å². The number of halogens is 1. The summed E-state index contributed by atoms with van der Waals surface area (Å²) in [4.78, 5) is 4.17. The van der Waals surface area contributed by atoms with E-state index in [1.165, 1.54) is 12.8 Å². The van der Waals surface area contributed by atoms with E-state index in [-0.39, 0.29) is 24.0 Å². The Kier molecular flexibility index (Phi) is 8.58. The monoisotopic (exact) mass is 408 g/mol. The number of nitrogens with one attached hydrogen (secondary N) is 2. The predicted octanol–water partition coefficient (Wildman–Crippen LogP) is 0.915. The Hall–Kier alpha value is -0.900. The van der Waals surface area contributed by atoms with Gasteiger partial charge >= 0.3 is 0 Å². The van der Waals surface area contributed by atoms with Crippen molar-refractivity contribution in [3.05, 3.63) is 12.2 Å². The van der Waals surface area contributed by atoms with Crippen LogP contribution in [0.25, 0.3) is 0 Å². The van der Waals surface area contributed by atoms with Crippen LogP contribution < -0.4 is 10.6 Å². The molecule has 120 valence electrons. The molecule has 8 heteroatoms. The molecule has 0 bridgehead atoms. The average molecular weight is 408 g/mol. The number of hydrogen-bond donors (Lipinski definition) is 2. The van der Waals surface area contributed by atoms with Gasteiger partial charge in [0.25, 0.3) is 0 Å². The van der Waals surface area contributed by atoms with Crippen molar-refractivity contribution in [2.75, 3.05) is 26.8 Å². The maximum absolute atomic E-state index is 5.59. The van der Waals surface area contributed by atoms with Gasteiger partial charge in [0.2, 0.25) is 0 Å². The molecule has 1 heterocycles. The lowest BCUT2D eigenvalue weighted by molar-refractivity contribution is 0.123. The number of aliphatic imine (C=N–C) groups is 1. The fourth-order valence-electron chi connectivity index (χ4n) is 1.77.